The van der Waals surface area contributed by atoms with Crippen LogP contribution in [0.25, 0.3) is 22.2 Å². The van der Waals surface area contributed by atoms with E-state index in [1.807, 2.05) is 6.07 Å². The lowest BCUT2D eigenvalue weighted by Crippen LogP contribution is -1.88. The third-order valence-corrected chi connectivity index (χ3v) is 2.95. The Kier molecular flexibility index (Phi) is 2.62. The molecule has 1 aromatic carbocycles. The van der Waals surface area contributed by atoms with Crippen LogP contribution in [0.15, 0.2) is 36.7 Å². The van der Waals surface area contributed by atoms with Gasteiger partial charge in [-0.3, -0.25) is 20.2 Å². The molecule has 7 nitrogen and oxygen atoms in total. The summed E-state index contributed by atoms with van der Waals surface area (Å²) in [5.41, 5.74) is 2.11. The molecule has 20 heavy (non-hydrogen) atoms. The van der Waals surface area contributed by atoms with Crippen molar-refractivity contribution in [1.29, 1.82) is 5.26 Å². The number of aromatic nitrogens is 3. The molecule has 3 aromatic rings. The molecule has 0 aliphatic carbocycles. The maximum absolute atomic E-state index is 10.9. The topological polar surface area (TPSA) is 108 Å². The van der Waals surface area contributed by atoms with Gasteiger partial charge < -0.3 is 0 Å². The van der Waals surface area contributed by atoms with Gasteiger partial charge in [0, 0.05) is 35.5 Å². The quantitative estimate of drug-likeness (QED) is 0.565. The highest BCUT2D eigenvalue weighted by atomic mass is 16.6. The number of nitriles is 1. The summed E-state index contributed by atoms with van der Waals surface area (Å²) >= 11 is 0. The molecule has 0 bridgehead atoms. The zero-order valence-electron chi connectivity index (χ0n) is 10.1. The molecule has 3 rings (SSSR count). The van der Waals surface area contributed by atoms with E-state index in [2.05, 4.69) is 15.2 Å². The number of aromatic amines is 1. The van der Waals surface area contributed by atoms with Gasteiger partial charge in [0.2, 0.25) is 0 Å². The Morgan fingerprint density at radius 2 is 2.20 bits per heavy atom. The van der Waals surface area contributed by atoms with Crippen molar-refractivity contribution >= 4 is 16.6 Å². The van der Waals surface area contributed by atoms with E-state index in [-0.39, 0.29) is 5.69 Å². The number of non-ortho nitro benzene ring substituents is 1. The molecule has 0 amide bonds. The molecule has 1 N–H and O–H groups in total. The van der Waals surface area contributed by atoms with Gasteiger partial charge in [-0.2, -0.15) is 10.4 Å². The van der Waals surface area contributed by atoms with E-state index in [1.54, 1.807) is 18.3 Å². The van der Waals surface area contributed by atoms with Crippen molar-refractivity contribution < 1.29 is 4.92 Å². The fraction of sp³-hybridized carbons (Fsp3) is 0. The molecule has 0 aliphatic rings. The highest BCUT2D eigenvalue weighted by Gasteiger charge is 2.15. The molecule has 0 atom stereocenters. The number of fused-ring (bicyclic) bond motifs is 1. The van der Waals surface area contributed by atoms with Gasteiger partial charge in [0.25, 0.3) is 5.69 Å². The second kappa shape index (κ2) is 4.44. The predicted molar refractivity (Wildman–Crippen MR) is 70.7 cm³/mol. The molecule has 96 valence electrons. The van der Waals surface area contributed by atoms with Crippen molar-refractivity contribution in [3.8, 4) is 17.3 Å². The largest absolute Gasteiger partial charge is 0.277 e. The summed E-state index contributed by atoms with van der Waals surface area (Å²) in [6.07, 6.45) is 2.99. The van der Waals surface area contributed by atoms with E-state index in [9.17, 15) is 10.1 Å². The fourth-order valence-corrected chi connectivity index (χ4v) is 2.01. The SMILES string of the molecule is N#Cc1cnccc1-c1n[nH]c2ccc([N+](=O)[O-])cc12. The summed E-state index contributed by atoms with van der Waals surface area (Å²) in [5, 5.41) is 27.5. The van der Waals surface area contributed by atoms with E-state index in [1.165, 1.54) is 18.3 Å². The summed E-state index contributed by atoms with van der Waals surface area (Å²) in [5.74, 6) is 0. The number of hydrogen-bond acceptors (Lipinski definition) is 5. The molecule has 0 saturated heterocycles. The van der Waals surface area contributed by atoms with Gasteiger partial charge in [0.15, 0.2) is 0 Å². The summed E-state index contributed by atoms with van der Waals surface area (Å²) in [6.45, 7) is 0. The molecule has 0 spiro atoms. The lowest BCUT2D eigenvalue weighted by atomic mass is 10.0. The van der Waals surface area contributed by atoms with Crippen LogP contribution in [0.4, 0.5) is 5.69 Å². The minimum Gasteiger partial charge on any atom is -0.277 e. The number of hydrogen-bond donors (Lipinski definition) is 1. The van der Waals surface area contributed by atoms with E-state index >= 15 is 0 Å². The van der Waals surface area contributed by atoms with Crippen molar-refractivity contribution in [2.45, 2.75) is 0 Å². The number of H-pyrrole nitrogens is 1. The first-order chi connectivity index (χ1) is 9.70. The van der Waals surface area contributed by atoms with Crippen LogP contribution in [-0.4, -0.2) is 20.1 Å². The lowest BCUT2D eigenvalue weighted by Gasteiger charge is -1.99. The molecular weight excluding hydrogens is 258 g/mol. The molecule has 0 fully saturated rings. The Balaban J connectivity index is 2.29. The average molecular weight is 265 g/mol. The summed E-state index contributed by atoms with van der Waals surface area (Å²) in [7, 11) is 0. The average Bonchev–Trinajstić information content (AvgIpc) is 2.89. The number of pyridine rings is 1. The summed E-state index contributed by atoms with van der Waals surface area (Å²) in [6, 6.07) is 8.13. The van der Waals surface area contributed by atoms with Crippen LogP contribution in [0.1, 0.15) is 5.56 Å². The van der Waals surface area contributed by atoms with Crippen LogP contribution < -0.4 is 0 Å². The van der Waals surface area contributed by atoms with Gasteiger partial charge in [0.05, 0.1) is 16.0 Å². The van der Waals surface area contributed by atoms with Crippen LogP contribution in [0, 0.1) is 21.4 Å². The van der Waals surface area contributed by atoms with Crippen molar-refractivity contribution in [2.75, 3.05) is 0 Å². The monoisotopic (exact) mass is 265 g/mol. The molecule has 7 heteroatoms. The minimum atomic E-state index is -0.464. The van der Waals surface area contributed by atoms with Gasteiger partial charge in [-0.1, -0.05) is 0 Å². The van der Waals surface area contributed by atoms with Crippen molar-refractivity contribution in [1.82, 2.24) is 15.2 Å². The Labute approximate surface area is 112 Å². The number of nitrogens with one attached hydrogen (secondary N) is 1. The van der Waals surface area contributed by atoms with E-state index in [0.29, 0.717) is 27.7 Å². The van der Waals surface area contributed by atoms with Crippen LogP contribution in [-0.2, 0) is 0 Å². The highest BCUT2D eigenvalue weighted by Crippen LogP contribution is 2.30. The first-order valence-corrected chi connectivity index (χ1v) is 5.67. The van der Waals surface area contributed by atoms with Gasteiger partial charge >= 0.3 is 0 Å². The summed E-state index contributed by atoms with van der Waals surface area (Å²) in [4.78, 5) is 14.3. The molecule has 0 saturated carbocycles. The van der Waals surface area contributed by atoms with Crippen LogP contribution >= 0.6 is 0 Å². The van der Waals surface area contributed by atoms with Crippen LogP contribution in [0.2, 0.25) is 0 Å². The van der Waals surface area contributed by atoms with Crippen molar-refractivity contribution in [3.63, 3.8) is 0 Å². The third-order valence-electron chi connectivity index (χ3n) is 2.95. The number of nitro groups is 1. The maximum atomic E-state index is 10.9. The van der Waals surface area contributed by atoms with E-state index in [4.69, 9.17) is 5.26 Å². The zero-order chi connectivity index (χ0) is 14.1. The van der Waals surface area contributed by atoms with Gasteiger partial charge in [-0.05, 0) is 12.1 Å². The second-order valence-corrected chi connectivity index (χ2v) is 4.09. The van der Waals surface area contributed by atoms with Gasteiger partial charge in [-0.25, -0.2) is 0 Å². The minimum absolute atomic E-state index is 0.0206. The first kappa shape index (κ1) is 11.8. The Bertz CT molecular complexity index is 863. The highest BCUT2D eigenvalue weighted by molar-refractivity contribution is 5.95. The van der Waals surface area contributed by atoms with Crippen molar-refractivity contribution in [3.05, 3.63) is 52.3 Å². The molecule has 2 heterocycles. The van der Waals surface area contributed by atoms with Crippen molar-refractivity contribution in [2.24, 2.45) is 0 Å². The normalized spacial score (nSPS) is 10.3. The zero-order valence-corrected chi connectivity index (χ0v) is 10.1. The van der Waals surface area contributed by atoms with Crippen LogP contribution in [0.3, 0.4) is 0 Å². The fourth-order valence-electron chi connectivity index (χ4n) is 2.01. The maximum Gasteiger partial charge on any atom is 0.270 e. The van der Waals surface area contributed by atoms with Gasteiger partial charge in [0.1, 0.15) is 11.8 Å². The smallest absolute Gasteiger partial charge is 0.270 e. The van der Waals surface area contributed by atoms with E-state index in [0.717, 1.165) is 0 Å². The Morgan fingerprint density at radius 1 is 1.35 bits per heavy atom. The molecule has 0 aliphatic heterocycles. The summed E-state index contributed by atoms with van der Waals surface area (Å²) < 4.78 is 0. The Hall–Kier alpha value is -3.27. The number of nitrogens with zero attached hydrogens (tertiary/aromatic N) is 4. The number of benzene rings is 1. The van der Waals surface area contributed by atoms with E-state index < -0.39 is 4.92 Å². The standard InChI is InChI=1S/C13H7N5O2/c14-6-8-7-15-4-3-10(8)13-11-5-9(18(19)20)1-2-12(11)16-17-13/h1-5,7H,(H,16,17). The van der Waals surface area contributed by atoms with Crippen LogP contribution in [0.5, 0.6) is 0 Å². The molecule has 0 unspecified atom stereocenters. The third kappa shape index (κ3) is 1.76. The Morgan fingerprint density at radius 3 is 2.95 bits per heavy atom. The molecule has 0 radical (unpaired) electrons. The molecular formula is C13H7N5O2. The molecule has 2 aromatic heterocycles. The first-order valence-electron chi connectivity index (χ1n) is 5.67. The lowest BCUT2D eigenvalue weighted by molar-refractivity contribution is -0.384. The number of nitro benzene ring substituents is 1. The predicted octanol–water partition coefficient (Wildman–Crippen LogP) is 2.40. The second-order valence-electron chi connectivity index (χ2n) is 4.09. The number of rotatable bonds is 2. The van der Waals surface area contributed by atoms with Gasteiger partial charge in [-0.15, -0.1) is 0 Å².